The van der Waals surface area contributed by atoms with Crippen molar-refractivity contribution < 1.29 is 23.1 Å². The molecular weight excluding hydrogens is 373 g/mol. The van der Waals surface area contributed by atoms with E-state index < -0.39 is 5.97 Å². The van der Waals surface area contributed by atoms with Gasteiger partial charge in [-0.2, -0.15) is 0 Å². The average molecular weight is 390 g/mol. The van der Waals surface area contributed by atoms with Crippen molar-refractivity contribution in [2.45, 2.75) is 19.4 Å². The highest BCUT2D eigenvalue weighted by Gasteiger charge is 2.12. The number of methoxy groups -OCH3 is 1. The first-order valence-electron chi connectivity index (χ1n) is 8.24. The fourth-order valence-electron chi connectivity index (χ4n) is 2.47. The van der Waals surface area contributed by atoms with Crippen molar-refractivity contribution >= 4 is 17.6 Å². The van der Waals surface area contributed by atoms with E-state index in [9.17, 15) is 9.18 Å². The van der Waals surface area contributed by atoms with Gasteiger partial charge in [0.25, 0.3) is 0 Å². The molecule has 0 spiro atoms. The average Bonchev–Trinajstić information content (AvgIpc) is 3.14. The molecule has 0 bridgehead atoms. The molecule has 0 fully saturated rings. The molecule has 0 aliphatic rings. The van der Waals surface area contributed by atoms with Gasteiger partial charge in [0, 0.05) is 22.6 Å². The Hall–Kier alpha value is -2.86. The van der Waals surface area contributed by atoms with E-state index in [0.717, 1.165) is 0 Å². The summed E-state index contributed by atoms with van der Waals surface area (Å²) >= 11 is 5.95. The number of benzene rings is 2. The fraction of sp³-hybridized carbons (Fsp3) is 0.200. The van der Waals surface area contributed by atoms with Crippen LogP contribution >= 0.6 is 11.6 Å². The molecule has 0 unspecified atom stereocenters. The zero-order chi connectivity index (χ0) is 19.2. The summed E-state index contributed by atoms with van der Waals surface area (Å²) < 4.78 is 29.0. The van der Waals surface area contributed by atoms with E-state index in [-0.39, 0.29) is 18.8 Å². The monoisotopic (exact) mass is 389 g/mol. The minimum Gasteiger partial charge on any atom is -0.496 e. The van der Waals surface area contributed by atoms with E-state index in [1.807, 2.05) is 0 Å². The van der Waals surface area contributed by atoms with Gasteiger partial charge in [0.15, 0.2) is 11.7 Å². The van der Waals surface area contributed by atoms with E-state index in [0.29, 0.717) is 40.0 Å². The van der Waals surface area contributed by atoms with Crippen molar-refractivity contribution in [3.05, 3.63) is 71.0 Å². The predicted molar refractivity (Wildman–Crippen MR) is 98.0 cm³/mol. The molecule has 0 N–H and O–H groups in total. The van der Waals surface area contributed by atoms with Gasteiger partial charge in [-0.15, -0.1) is 0 Å². The van der Waals surface area contributed by atoms with Crippen LogP contribution in [0.3, 0.4) is 0 Å². The van der Waals surface area contributed by atoms with Crippen LogP contribution in [0.1, 0.15) is 17.9 Å². The number of hydrogen-bond donors (Lipinski definition) is 0. The van der Waals surface area contributed by atoms with Gasteiger partial charge in [0.05, 0.1) is 19.7 Å². The molecule has 3 rings (SSSR count). The highest BCUT2D eigenvalue weighted by molar-refractivity contribution is 6.30. The third kappa shape index (κ3) is 5.08. The Morgan fingerprint density at radius 3 is 2.74 bits per heavy atom. The van der Waals surface area contributed by atoms with E-state index >= 15 is 0 Å². The van der Waals surface area contributed by atoms with Crippen molar-refractivity contribution in [2.24, 2.45) is 0 Å². The predicted octanol–water partition coefficient (Wildman–Crippen LogP) is 4.82. The van der Waals surface area contributed by atoms with Crippen LogP contribution in [0.4, 0.5) is 4.39 Å². The number of carbonyl (C=O) groups excluding carboxylic acids is 1. The number of esters is 1. The van der Waals surface area contributed by atoms with Gasteiger partial charge in [-0.3, -0.25) is 4.79 Å². The SMILES string of the molecule is COc1ccc(Cl)cc1COC(=O)CCc1ncc(-c2ccc(F)cc2)o1. The number of oxazole rings is 1. The Balaban J connectivity index is 1.52. The van der Waals surface area contributed by atoms with Crippen molar-refractivity contribution in [3.63, 3.8) is 0 Å². The van der Waals surface area contributed by atoms with Gasteiger partial charge in [0.1, 0.15) is 18.2 Å². The summed E-state index contributed by atoms with van der Waals surface area (Å²) in [4.78, 5) is 16.1. The highest BCUT2D eigenvalue weighted by atomic mass is 35.5. The molecule has 0 saturated heterocycles. The maximum absolute atomic E-state index is 13.0. The molecule has 0 radical (unpaired) electrons. The fourth-order valence-corrected chi connectivity index (χ4v) is 2.67. The zero-order valence-electron chi connectivity index (χ0n) is 14.6. The van der Waals surface area contributed by atoms with E-state index in [1.54, 1.807) is 36.5 Å². The van der Waals surface area contributed by atoms with Gasteiger partial charge in [-0.1, -0.05) is 11.6 Å². The minimum atomic E-state index is -0.390. The molecule has 0 aliphatic carbocycles. The van der Waals surface area contributed by atoms with E-state index in [1.165, 1.54) is 19.2 Å². The van der Waals surface area contributed by atoms with Gasteiger partial charge < -0.3 is 13.9 Å². The number of aromatic nitrogens is 1. The smallest absolute Gasteiger partial charge is 0.306 e. The third-order valence-electron chi connectivity index (χ3n) is 3.86. The Morgan fingerprint density at radius 1 is 1.22 bits per heavy atom. The summed E-state index contributed by atoms with van der Waals surface area (Å²) in [6.07, 6.45) is 1.96. The molecule has 140 valence electrons. The van der Waals surface area contributed by atoms with Crippen molar-refractivity contribution in [1.82, 2.24) is 4.98 Å². The molecule has 1 aromatic heterocycles. The van der Waals surface area contributed by atoms with Crippen LogP contribution in [0, 0.1) is 5.82 Å². The number of carbonyl (C=O) groups is 1. The highest BCUT2D eigenvalue weighted by Crippen LogP contribution is 2.24. The van der Waals surface area contributed by atoms with Gasteiger partial charge in [-0.25, -0.2) is 9.37 Å². The summed E-state index contributed by atoms with van der Waals surface area (Å²) in [6, 6.07) is 11.0. The van der Waals surface area contributed by atoms with Crippen LogP contribution in [0.2, 0.25) is 5.02 Å². The number of hydrogen-bond acceptors (Lipinski definition) is 5. The largest absolute Gasteiger partial charge is 0.496 e. The topological polar surface area (TPSA) is 61.6 Å². The summed E-state index contributed by atoms with van der Waals surface area (Å²) in [5.41, 5.74) is 1.40. The molecule has 3 aromatic rings. The molecule has 5 nitrogen and oxygen atoms in total. The van der Waals surface area contributed by atoms with Gasteiger partial charge in [0.2, 0.25) is 0 Å². The quantitative estimate of drug-likeness (QED) is 0.542. The van der Waals surface area contributed by atoms with Crippen LogP contribution in [0.15, 0.2) is 53.1 Å². The van der Waals surface area contributed by atoms with Gasteiger partial charge in [-0.05, 0) is 42.5 Å². The normalized spacial score (nSPS) is 10.6. The number of nitrogens with zero attached hydrogens (tertiary/aromatic N) is 1. The number of rotatable bonds is 7. The summed E-state index contributed by atoms with van der Waals surface area (Å²) in [7, 11) is 1.54. The molecule has 0 saturated carbocycles. The Bertz CT molecular complexity index is 924. The van der Waals surface area contributed by atoms with Crippen LogP contribution in [0.25, 0.3) is 11.3 Å². The lowest BCUT2D eigenvalue weighted by atomic mass is 10.2. The number of halogens is 2. The van der Waals surface area contributed by atoms with Crippen molar-refractivity contribution in [3.8, 4) is 17.1 Å². The molecule has 0 atom stereocenters. The standard InChI is InChI=1S/C20H17ClFNO4/c1-25-17-7-4-15(21)10-14(17)12-26-20(24)9-8-19-23-11-18(27-19)13-2-5-16(22)6-3-13/h2-7,10-11H,8-9,12H2,1H3. The Labute approximate surface area is 160 Å². The summed E-state index contributed by atoms with van der Waals surface area (Å²) in [6.45, 7) is 0.0645. The summed E-state index contributed by atoms with van der Waals surface area (Å²) in [5.74, 6) is 0.814. The molecule has 2 aromatic carbocycles. The summed E-state index contributed by atoms with van der Waals surface area (Å²) in [5, 5.41) is 0.537. The maximum atomic E-state index is 13.0. The van der Waals surface area contributed by atoms with E-state index in [2.05, 4.69) is 4.98 Å². The first-order chi connectivity index (χ1) is 13.0. The lowest BCUT2D eigenvalue weighted by Crippen LogP contribution is -2.07. The molecule has 7 heteroatoms. The second kappa shape index (κ2) is 8.68. The molecule has 27 heavy (non-hydrogen) atoms. The molecule has 1 heterocycles. The van der Waals surface area contributed by atoms with Crippen molar-refractivity contribution in [2.75, 3.05) is 7.11 Å². The minimum absolute atomic E-state index is 0.0645. The molecule has 0 aliphatic heterocycles. The maximum Gasteiger partial charge on any atom is 0.306 e. The van der Waals surface area contributed by atoms with Gasteiger partial charge >= 0.3 is 5.97 Å². The lowest BCUT2D eigenvalue weighted by Gasteiger charge is -2.09. The zero-order valence-corrected chi connectivity index (χ0v) is 15.3. The van der Waals surface area contributed by atoms with Crippen LogP contribution in [-0.2, 0) is 22.6 Å². The van der Waals surface area contributed by atoms with Crippen LogP contribution in [0.5, 0.6) is 5.75 Å². The Kier molecular flexibility index (Phi) is 6.08. The van der Waals surface area contributed by atoms with E-state index in [4.69, 9.17) is 25.5 Å². The van der Waals surface area contributed by atoms with Crippen LogP contribution < -0.4 is 4.74 Å². The lowest BCUT2D eigenvalue weighted by molar-refractivity contribution is -0.145. The Morgan fingerprint density at radius 2 is 2.00 bits per heavy atom. The molecular formula is C20H17ClFNO4. The number of ether oxygens (including phenoxy) is 2. The van der Waals surface area contributed by atoms with Crippen LogP contribution in [-0.4, -0.2) is 18.1 Å². The first-order valence-corrected chi connectivity index (χ1v) is 8.61. The number of aryl methyl sites for hydroxylation is 1. The second-order valence-electron chi connectivity index (χ2n) is 5.74. The first kappa shape index (κ1) is 18.9. The van der Waals surface area contributed by atoms with Crippen molar-refractivity contribution in [1.29, 1.82) is 0 Å². The third-order valence-corrected chi connectivity index (χ3v) is 4.09. The second-order valence-corrected chi connectivity index (χ2v) is 6.18. The molecule has 0 amide bonds.